The van der Waals surface area contributed by atoms with Gasteiger partial charge in [0, 0.05) is 19.0 Å². The molecule has 2 atom stereocenters. The van der Waals surface area contributed by atoms with E-state index in [0.717, 1.165) is 22.3 Å². The van der Waals surface area contributed by atoms with Gasteiger partial charge in [0.1, 0.15) is 6.61 Å². The van der Waals surface area contributed by atoms with E-state index >= 15 is 0 Å². The molecule has 1 aliphatic rings. The van der Waals surface area contributed by atoms with E-state index in [0.29, 0.717) is 6.42 Å². The number of amides is 2. The van der Waals surface area contributed by atoms with Gasteiger partial charge >= 0.3 is 12.1 Å². The maximum atomic E-state index is 12.7. The Kier molecular flexibility index (Phi) is 8.51. The lowest BCUT2D eigenvalue weighted by Crippen LogP contribution is -2.43. The number of carboxylic acids is 1. The lowest BCUT2D eigenvalue weighted by Gasteiger charge is -2.26. The van der Waals surface area contributed by atoms with E-state index in [9.17, 15) is 19.5 Å². The van der Waals surface area contributed by atoms with Crippen LogP contribution in [0.1, 0.15) is 50.7 Å². The number of benzene rings is 2. The fourth-order valence-corrected chi connectivity index (χ4v) is 4.49. The molecule has 0 heterocycles. The number of nitrogens with one attached hydrogen (secondary N) is 2. The predicted octanol–water partition coefficient (Wildman–Crippen LogP) is 3.53. The van der Waals surface area contributed by atoms with Crippen molar-refractivity contribution in [3.05, 3.63) is 59.7 Å². The van der Waals surface area contributed by atoms with Gasteiger partial charge in [-0.1, -0.05) is 69.3 Å². The van der Waals surface area contributed by atoms with Gasteiger partial charge in [-0.05, 0) is 34.1 Å². The standard InChI is InChI=1S/C27H34N2O6/c1-27(2,3)13-17(25(33)28-15-18(30)12-24(31)32)14-29-26(34)35-16-23-21-10-6-4-8-19(21)20-9-5-7-11-22(20)23/h4-11,17-18,23,30H,12-16H2,1-3H3,(H,28,33)(H,29,34)(H,31,32). The summed E-state index contributed by atoms with van der Waals surface area (Å²) in [5.41, 5.74) is 4.33. The van der Waals surface area contributed by atoms with Crippen LogP contribution in [0.5, 0.6) is 0 Å². The summed E-state index contributed by atoms with van der Waals surface area (Å²) in [5.74, 6) is -2.12. The Morgan fingerprint density at radius 1 is 0.943 bits per heavy atom. The van der Waals surface area contributed by atoms with Crippen LogP contribution in [0.2, 0.25) is 0 Å². The summed E-state index contributed by atoms with van der Waals surface area (Å²) in [5, 5.41) is 23.8. The molecule has 0 fully saturated rings. The number of aliphatic hydroxyl groups excluding tert-OH is 1. The smallest absolute Gasteiger partial charge is 0.407 e. The van der Waals surface area contributed by atoms with Crippen molar-refractivity contribution in [3.8, 4) is 11.1 Å². The Bertz CT molecular complexity index is 1020. The normalized spacial score (nSPS) is 14.4. The van der Waals surface area contributed by atoms with Crippen LogP contribution in [0.4, 0.5) is 4.79 Å². The minimum absolute atomic E-state index is 0.0578. The van der Waals surface area contributed by atoms with Crippen molar-refractivity contribution >= 4 is 18.0 Å². The molecule has 0 saturated carbocycles. The van der Waals surface area contributed by atoms with Crippen molar-refractivity contribution in [1.82, 2.24) is 10.6 Å². The molecule has 2 aromatic rings. The Morgan fingerprint density at radius 2 is 1.51 bits per heavy atom. The summed E-state index contributed by atoms with van der Waals surface area (Å²) in [6.45, 7) is 6.03. The molecule has 2 amide bonds. The Labute approximate surface area is 205 Å². The molecule has 0 aromatic heterocycles. The highest BCUT2D eigenvalue weighted by molar-refractivity contribution is 5.80. The van der Waals surface area contributed by atoms with Crippen LogP contribution in [-0.4, -0.2) is 54.0 Å². The van der Waals surface area contributed by atoms with E-state index in [4.69, 9.17) is 9.84 Å². The van der Waals surface area contributed by atoms with Crippen molar-refractivity contribution in [2.75, 3.05) is 19.7 Å². The lowest BCUT2D eigenvalue weighted by molar-refractivity contribution is -0.139. The Balaban J connectivity index is 1.57. The molecule has 3 rings (SSSR count). The summed E-state index contributed by atoms with van der Waals surface area (Å²) in [7, 11) is 0. The SMILES string of the molecule is CC(C)(C)CC(CNC(=O)OCC1c2ccccc2-c2ccccc21)C(=O)NCC(O)CC(=O)O. The predicted molar refractivity (Wildman–Crippen MR) is 132 cm³/mol. The minimum Gasteiger partial charge on any atom is -0.481 e. The van der Waals surface area contributed by atoms with Gasteiger partial charge < -0.3 is 25.6 Å². The number of aliphatic hydroxyl groups is 1. The molecule has 4 N–H and O–H groups in total. The molecule has 0 saturated heterocycles. The van der Waals surface area contributed by atoms with E-state index < -0.39 is 30.5 Å². The summed E-state index contributed by atoms with van der Waals surface area (Å²) >= 11 is 0. The second-order valence-electron chi connectivity index (χ2n) is 10.2. The zero-order valence-electron chi connectivity index (χ0n) is 20.4. The van der Waals surface area contributed by atoms with E-state index in [2.05, 4.69) is 22.8 Å². The first-order valence-electron chi connectivity index (χ1n) is 11.8. The third-order valence-corrected chi connectivity index (χ3v) is 5.99. The van der Waals surface area contributed by atoms with Crippen molar-refractivity contribution < 1.29 is 29.3 Å². The lowest BCUT2D eigenvalue weighted by atomic mass is 9.84. The molecule has 1 aliphatic carbocycles. The van der Waals surface area contributed by atoms with Gasteiger partial charge in [-0.15, -0.1) is 0 Å². The fourth-order valence-electron chi connectivity index (χ4n) is 4.49. The van der Waals surface area contributed by atoms with Gasteiger partial charge in [0.05, 0.1) is 18.4 Å². The maximum Gasteiger partial charge on any atom is 0.407 e. The average Bonchev–Trinajstić information content (AvgIpc) is 3.11. The Hall–Kier alpha value is -3.39. The largest absolute Gasteiger partial charge is 0.481 e. The van der Waals surface area contributed by atoms with Gasteiger partial charge in [0.25, 0.3) is 0 Å². The van der Waals surface area contributed by atoms with Crippen molar-refractivity contribution in [1.29, 1.82) is 0 Å². The van der Waals surface area contributed by atoms with Crippen LogP contribution in [0.15, 0.2) is 48.5 Å². The maximum absolute atomic E-state index is 12.7. The molecule has 35 heavy (non-hydrogen) atoms. The number of ether oxygens (including phenoxy) is 1. The number of hydrogen-bond donors (Lipinski definition) is 4. The van der Waals surface area contributed by atoms with Gasteiger partial charge in [0.15, 0.2) is 0 Å². The zero-order chi connectivity index (χ0) is 25.6. The van der Waals surface area contributed by atoms with Gasteiger partial charge in [0.2, 0.25) is 5.91 Å². The highest BCUT2D eigenvalue weighted by Crippen LogP contribution is 2.44. The number of carbonyl (C=O) groups is 3. The fraction of sp³-hybridized carbons (Fsp3) is 0.444. The van der Waals surface area contributed by atoms with Crippen LogP contribution in [-0.2, 0) is 14.3 Å². The van der Waals surface area contributed by atoms with E-state index in [1.165, 1.54) is 0 Å². The van der Waals surface area contributed by atoms with Crippen LogP contribution >= 0.6 is 0 Å². The van der Waals surface area contributed by atoms with Crippen LogP contribution in [0.3, 0.4) is 0 Å². The molecule has 188 valence electrons. The van der Waals surface area contributed by atoms with E-state index in [-0.39, 0.29) is 36.9 Å². The summed E-state index contributed by atoms with van der Waals surface area (Å²) in [6, 6.07) is 16.2. The number of carboxylic acid groups (broad SMARTS) is 1. The molecule has 2 aromatic carbocycles. The van der Waals surface area contributed by atoms with Gasteiger partial charge in [-0.2, -0.15) is 0 Å². The summed E-state index contributed by atoms with van der Waals surface area (Å²) in [4.78, 5) is 35.9. The first-order chi connectivity index (χ1) is 16.5. The Morgan fingerprint density at radius 3 is 2.06 bits per heavy atom. The number of hydrogen-bond acceptors (Lipinski definition) is 5. The van der Waals surface area contributed by atoms with Gasteiger partial charge in [-0.3, -0.25) is 9.59 Å². The average molecular weight is 483 g/mol. The van der Waals surface area contributed by atoms with Crippen molar-refractivity contribution in [3.63, 3.8) is 0 Å². The topological polar surface area (TPSA) is 125 Å². The molecule has 0 spiro atoms. The molecule has 0 aliphatic heterocycles. The van der Waals surface area contributed by atoms with E-state index in [1.807, 2.05) is 57.2 Å². The van der Waals surface area contributed by atoms with Crippen LogP contribution in [0.25, 0.3) is 11.1 Å². The molecular weight excluding hydrogens is 448 g/mol. The summed E-state index contributed by atoms with van der Waals surface area (Å²) in [6.07, 6.45) is -1.76. The first kappa shape index (κ1) is 26.2. The minimum atomic E-state index is -1.18. The third-order valence-electron chi connectivity index (χ3n) is 5.99. The third kappa shape index (κ3) is 7.29. The molecule has 0 radical (unpaired) electrons. The summed E-state index contributed by atoms with van der Waals surface area (Å²) < 4.78 is 5.55. The monoisotopic (exact) mass is 482 g/mol. The molecule has 2 unspecified atom stereocenters. The van der Waals surface area contributed by atoms with E-state index in [1.54, 1.807) is 0 Å². The number of rotatable bonds is 10. The number of fused-ring (bicyclic) bond motifs is 3. The van der Waals surface area contributed by atoms with Crippen molar-refractivity contribution in [2.24, 2.45) is 11.3 Å². The highest BCUT2D eigenvalue weighted by atomic mass is 16.5. The molecule has 8 nitrogen and oxygen atoms in total. The second-order valence-corrected chi connectivity index (χ2v) is 10.2. The molecule has 8 heteroatoms. The van der Waals surface area contributed by atoms with Crippen molar-refractivity contribution in [2.45, 2.75) is 45.6 Å². The zero-order valence-corrected chi connectivity index (χ0v) is 20.4. The van der Waals surface area contributed by atoms with Crippen LogP contribution in [0, 0.1) is 11.3 Å². The number of alkyl carbamates (subject to hydrolysis) is 1. The number of aliphatic carboxylic acids is 1. The van der Waals surface area contributed by atoms with Crippen LogP contribution < -0.4 is 10.6 Å². The first-order valence-corrected chi connectivity index (χ1v) is 11.8. The number of carbonyl (C=O) groups excluding carboxylic acids is 2. The molecular formula is C27H34N2O6. The molecule has 0 bridgehead atoms. The quantitative estimate of drug-likeness (QED) is 0.411. The second kappa shape index (κ2) is 11.4. The highest BCUT2D eigenvalue weighted by Gasteiger charge is 2.30. The van der Waals surface area contributed by atoms with Gasteiger partial charge in [-0.25, -0.2) is 4.79 Å².